The predicted molar refractivity (Wildman–Crippen MR) is 144 cm³/mol. The molecule has 0 saturated heterocycles. The Kier molecular flexibility index (Phi) is 7.89. The fraction of sp³-hybridized carbons (Fsp3) is 0.241. The maximum atomic E-state index is 6.29. The molecule has 0 aliphatic rings. The van der Waals surface area contributed by atoms with Crippen LogP contribution in [0.15, 0.2) is 108 Å². The molecule has 1 aromatic heterocycles. The fourth-order valence-electron chi connectivity index (χ4n) is 4.37. The third-order valence-electron chi connectivity index (χ3n) is 7.19. The molecule has 0 saturated carbocycles. The Bertz CT molecular complexity index is 1050. The van der Waals surface area contributed by atoms with Crippen LogP contribution in [0.4, 0.5) is 0 Å². The Morgan fingerprint density at radius 3 is 1.42 bits per heavy atom. The normalized spacial score (nSPS) is 12.3. The van der Waals surface area contributed by atoms with Gasteiger partial charge in [0, 0.05) is 5.56 Å². The summed E-state index contributed by atoms with van der Waals surface area (Å²) in [5.41, 5.74) is 1.38. The molecule has 4 rings (SSSR count). The second kappa shape index (κ2) is 10.1. The average Bonchev–Trinajstić information content (AvgIpc) is 3.27. The summed E-state index contributed by atoms with van der Waals surface area (Å²) in [6, 6.07) is 35.6. The first-order valence-electron chi connectivity index (χ1n) is 11.4. The van der Waals surface area contributed by atoms with E-state index in [0.717, 1.165) is 6.16 Å². The van der Waals surface area contributed by atoms with Gasteiger partial charge in [0.25, 0.3) is 0 Å². The Morgan fingerprint density at radius 1 is 0.667 bits per heavy atom. The van der Waals surface area contributed by atoms with E-state index in [1.54, 1.807) is 0 Å². The zero-order chi connectivity index (χ0) is 22.8. The molecule has 0 fully saturated rings. The van der Waals surface area contributed by atoms with Gasteiger partial charge in [-0.1, -0.05) is 88.5 Å². The van der Waals surface area contributed by atoms with E-state index in [0.29, 0.717) is 0 Å². The maximum absolute atomic E-state index is 6.29. The van der Waals surface area contributed by atoms with Gasteiger partial charge in [0.05, 0.1) is 11.6 Å². The summed E-state index contributed by atoms with van der Waals surface area (Å²) in [6.45, 7) is 12.0. The average molecular weight is 538 g/mol. The highest BCUT2D eigenvalue weighted by Crippen LogP contribution is 2.58. The molecule has 0 aliphatic heterocycles. The van der Waals surface area contributed by atoms with Crippen molar-refractivity contribution in [2.24, 2.45) is 0 Å². The smallest absolute Gasteiger partial charge is 0.132 e. The van der Waals surface area contributed by atoms with Crippen LogP contribution in [0.25, 0.3) is 0 Å². The molecule has 0 atom stereocenters. The van der Waals surface area contributed by atoms with Crippen molar-refractivity contribution in [3.8, 4) is 0 Å². The third kappa shape index (κ3) is 4.82. The van der Waals surface area contributed by atoms with Crippen LogP contribution in [0.2, 0.25) is 18.1 Å². The van der Waals surface area contributed by atoms with E-state index in [1.807, 2.05) is 6.26 Å². The number of furan rings is 1. The van der Waals surface area contributed by atoms with E-state index >= 15 is 0 Å². The Balaban J connectivity index is 0.00000306. The highest BCUT2D eigenvalue weighted by molar-refractivity contribution is 7.95. The highest BCUT2D eigenvalue weighted by atomic mass is 79.9. The molecular weight excluding hydrogens is 503 g/mol. The third-order valence-corrected chi connectivity index (χ3v) is 16.9. The van der Waals surface area contributed by atoms with E-state index in [2.05, 4.69) is 131 Å². The van der Waals surface area contributed by atoms with E-state index in [4.69, 9.17) is 4.42 Å². The molecule has 0 bridgehead atoms. The van der Waals surface area contributed by atoms with Gasteiger partial charge in [-0.05, 0) is 47.5 Å². The lowest BCUT2D eigenvalue weighted by Gasteiger charge is -2.36. The van der Waals surface area contributed by atoms with Crippen LogP contribution in [0.5, 0.6) is 0 Å². The van der Waals surface area contributed by atoms with Crippen molar-refractivity contribution in [3.63, 3.8) is 0 Å². The number of rotatable bonds is 6. The SMILES string of the molecule is CC(C)(C)[Si](C)(C)c1occc1C[P+](c1ccccc1)(c1ccccc1)c1ccccc1.[Br-]. The predicted octanol–water partition coefficient (Wildman–Crippen LogP) is 3.49. The van der Waals surface area contributed by atoms with Gasteiger partial charge in [-0.25, -0.2) is 0 Å². The molecule has 33 heavy (non-hydrogen) atoms. The molecule has 0 unspecified atom stereocenters. The largest absolute Gasteiger partial charge is 1.00 e. The molecule has 0 amide bonds. The van der Waals surface area contributed by atoms with Crippen LogP contribution in [-0.4, -0.2) is 8.07 Å². The summed E-state index contributed by atoms with van der Waals surface area (Å²) in [7, 11) is -3.75. The lowest BCUT2D eigenvalue weighted by molar-refractivity contribution is -0.00000717. The number of halogens is 1. The van der Waals surface area contributed by atoms with E-state index in [9.17, 15) is 0 Å². The molecule has 4 heteroatoms. The Labute approximate surface area is 211 Å². The van der Waals surface area contributed by atoms with Crippen LogP contribution in [-0.2, 0) is 6.16 Å². The summed E-state index contributed by atoms with van der Waals surface area (Å²) < 4.78 is 6.29. The minimum absolute atomic E-state index is 0. The van der Waals surface area contributed by atoms with Crippen LogP contribution in [0, 0.1) is 0 Å². The molecule has 4 aromatic rings. The van der Waals surface area contributed by atoms with E-state index in [-0.39, 0.29) is 22.0 Å². The summed E-state index contributed by atoms with van der Waals surface area (Å²) >= 11 is 0. The zero-order valence-corrected chi connectivity index (χ0v) is 23.7. The van der Waals surface area contributed by atoms with Gasteiger partial charge in [-0.3, -0.25) is 0 Å². The van der Waals surface area contributed by atoms with E-state index in [1.165, 1.54) is 26.9 Å². The van der Waals surface area contributed by atoms with Gasteiger partial charge in [0.2, 0.25) is 0 Å². The van der Waals surface area contributed by atoms with Crippen molar-refractivity contribution in [1.29, 1.82) is 0 Å². The van der Waals surface area contributed by atoms with Crippen LogP contribution in [0.3, 0.4) is 0 Å². The first-order chi connectivity index (χ1) is 15.3. The molecule has 0 N–H and O–H groups in total. The fourth-order valence-corrected chi connectivity index (χ4v) is 10.8. The van der Waals surface area contributed by atoms with Crippen molar-refractivity contribution < 1.29 is 21.4 Å². The lowest BCUT2D eigenvalue weighted by atomic mass is 10.2. The van der Waals surface area contributed by atoms with E-state index < -0.39 is 15.3 Å². The van der Waals surface area contributed by atoms with Crippen molar-refractivity contribution in [1.82, 2.24) is 0 Å². The monoisotopic (exact) mass is 536 g/mol. The van der Waals surface area contributed by atoms with Crippen molar-refractivity contribution >= 4 is 36.6 Å². The molecule has 0 spiro atoms. The van der Waals surface area contributed by atoms with Gasteiger partial charge in [-0.15, -0.1) is 0 Å². The molecule has 172 valence electrons. The quantitative estimate of drug-likeness (QED) is 0.271. The van der Waals surface area contributed by atoms with Crippen LogP contribution >= 0.6 is 7.26 Å². The van der Waals surface area contributed by atoms with Gasteiger partial charge < -0.3 is 21.4 Å². The van der Waals surface area contributed by atoms with Gasteiger partial charge in [0.1, 0.15) is 37.4 Å². The summed E-state index contributed by atoms with van der Waals surface area (Å²) in [4.78, 5) is 0. The summed E-state index contributed by atoms with van der Waals surface area (Å²) in [5.74, 6) is 0. The zero-order valence-electron chi connectivity index (χ0n) is 20.3. The molecule has 0 aliphatic carbocycles. The lowest BCUT2D eigenvalue weighted by Crippen LogP contribution is -3.00. The molecule has 3 aromatic carbocycles. The second-order valence-electron chi connectivity index (χ2n) is 10.1. The minimum Gasteiger partial charge on any atom is -1.00 e. The van der Waals surface area contributed by atoms with Gasteiger partial charge >= 0.3 is 0 Å². The van der Waals surface area contributed by atoms with Gasteiger partial charge in [-0.2, -0.15) is 0 Å². The Morgan fingerprint density at radius 2 is 1.06 bits per heavy atom. The molecular formula is C29H34BrOPSi. The number of hydrogen-bond acceptors (Lipinski definition) is 1. The number of benzene rings is 3. The highest BCUT2D eigenvalue weighted by Gasteiger charge is 2.48. The number of hydrogen-bond donors (Lipinski definition) is 0. The van der Waals surface area contributed by atoms with Gasteiger partial charge in [0.15, 0.2) is 0 Å². The van der Waals surface area contributed by atoms with Crippen LogP contribution in [0.1, 0.15) is 26.3 Å². The summed E-state index contributed by atoms with van der Waals surface area (Å²) in [6.07, 6.45) is 2.89. The molecule has 1 heterocycles. The second-order valence-corrected chi connectivity index (χ2v) is 18.8. The summed E-state index contributed by atoms with van der Waals surface area (Å²) in [5, 5.41) is 5.71. The molecule has 1 nitrogen and oxygen atoms in total. The first-order valence-corrected chi connectivity index (χ1v) is 16.4. The van der Waals surface area contributed by atoms with Crippen molar-refractivity contribution in [2.45, 2.75) is 45.1 Å². The van der Waals surface area contributed by atoms with Crippen molar-refractivity contribution in [3.05, 3.63) is 109 Å². The first kappa shape index (κ1) is 25.7. The maximum Gasteiger partial charge on any atom is 0.132 e. The Hall–Kier alpha value is -1.93. The standard InChI is InChI=1S/C29H34OPSi.BrH/c1-29(2,3)32(4,5)28-24(21-22-30-28)23-31(25-15-9-6-10-16-25,26-17-11-7-12-18-26)27-19-13-8-14-20-27;/h6-22H,23H2,1-5H3;1H/q+1;/p-1. The minimum atomic E-state index is -1.93. The topological polar surface area (TPSA) is 13.1 Å². The molecule has 0 radical (unpaired) electrons. The van der Waals surface area contributed by atoms with Crippen LogP contribution < -0.4 is 38.3 Å². The van der Waals surface area contributed by atoms with Crippen molar-refractivity contribution in [2.75, 3.05) is 0 Å².